The van der Waals surface area contributed by atoms with E-state index < -0.39 is 0 Å². The number of anilines is 1. The van der Waals surface area contributed by atoms with Crippen molar-refractivity contribution in [3.8, 4) is 0 Å². The number of hydrogen-bond acceptors (Lipinski definition) is 4. The standard InChI is InChI=1S/C27H30N6O/c34-27(30-18-23-12-13-28-26(16-23)32-14-4-1-5-15-32)29-17-21-8-10-22(11-9-21)19-33-20-31-24-6-2-3-7-25(24)33/h2-3,6-13,16,20H,1,4-5,14-15,17-19H2,(H2,29,30,34). The second-order valence-corrected chi connectivity index (χ2v) is 8.78. The summed E-state index contributed by atoms with van der Waals surface area (Å²) in [5.74, 6) is 1.00. The van der Waals surface area contributed by atoms with Gasteiger partial charge in [0.2, 0.25) is 0 Å². The Morgan fingerprint density at radius 2 is 1.56 bits per heavy atom. The van der Waals surface area contributed by atoms with E-state index in [-0.39, 0.29) is 6.03 Å². The molecule has 1 saturated heterocycles. The topological polar surface area (TPSA) is 75.1 Å². The number of para-hydroxylation sites is 2. The molecule has 2 aromatic heterocycles. The van der Waals surface area contributed by atoms with E-state index in [0.717, 1.165) is 47.6 Å². The fourth-order valence-corrected chi connectivity index (χ4v) is 4.39. The van der Waals surface area contributed by atoms with Crippen molar-refractivity contribution in [3.63, 3.8) is 0 Å². The van der Waals surface area contributed by atoms with Crippen LogP contribution < -0.4 is 15.5 Å². The van der Waals surface area contributed by atoms with Gasteiger partial charge in [0.25, 0.3) is 0 Å². The second-order valence-electron chi connectivity index (χ2n) is 8.78. The number of amides is 2. The summed E-state index contributed by atoms with van der Waals surface area (Å²) in [7, 11) is 0. The molecule has 7 heteroatoms. The summed E-state index contributed by atoms with van der Waals surface area (Å²) in [6.45, 7) is 3.84. The Labute approximate surface area is 199 Å². The van der Waals surface area contributed by atoms with Gasteiger partial charge in [0.1, 0.15) is 5.82 Å². The molecule has 3 heterocycles. The number of nitrogens with one attached hydrogen (secondary N) is 2. The van der Waals surface area contributed by atoms with Crippen LogP contribution in [0, 0.1) is 0 Å². The van der Waals surface area contributed by atoms with Gasteiger partial charge in [-0.05, 0) is 60.2 Å². The van der Waals surface area contributed by atoms with Crippen LogP contribution in [0.1, 0.15) is 36.0 Å². The van der Waals surface area contributed by atoms with E-state index in [4.69, 9.17) is 0 Å². The lowest BCUT2D eigenvalue weighted by molar-refractivity contribution is 0.240. The number of rotatable bonds is 7. The average molecular weight is 455 g/mol. The summed E-state index contributed by atoms with van der Waals surface area (Å²) in [6, 6.07) is 20.3. The Hall–Kier alpha value is -3.87. The zero-order chi connectivity index (χ0) is 23.2. The zero-order valence-electron chi connectivity index (χ0n) is 19.3. The lowest BCUT2D eigenvalue weighted by Crippen LogP contribution is -2.34. The lowest BCUT2D eigenvalue weighted by Gasteiger charge is -2.27. The molecule has 2 N–H and O–H groups in total. The third-order valence-electron chi connectivity index (χ3n) is 6.30. The fourth-order valence-electron chi connectivity index (χ4n) is 4.39. The first-order valence-corrected chi connectivity index (χ1v) is 11.9. The Balaban J connectivity index is 1.10. The molecule has 1 fully saturated rings. The largest absolute Gasteiger partial charge is 0.357 e. The van der Waals surface area contributed by atoms with E-state index in [1.54, 1.807) is 0 Å². The first-order valence-electron chi connectivity index (χ1n) is 11.9. The van der Waals surface area contributed by atoms with Gasteiger partial charge in [0.15, 0.2) is 0 Å². The molecular formula is C27H30N6O. The molecule has 174 valence electrons. The van der Waals surface area contributed by atoms with Crippen LogP contribution in [0.15, 0.2) is 73.2 Å². The number of piperidine rings is 1. The minimum atomic E-state index is -0.176. The number of carbonyl (C=O) groups is 1. The number of urea groups is 1. The van der Waals surface area contributed by atoms with Crippen LogP contribution in [0.5, 0.6) is 0 Å². The van der Waals surface area contributed by atoms with Crippen molar-refractivity contribution in [2.75, 3.05) is 18.0 Å². The molecule has 0 bridgehead atoms. The highest BCUT2D eigenvalue weighted by molar-refractivity contribution is 5.75. The molecule has 4 aromatic rings. The van der Waals surface area contributed by atoms with Crippen molar-refractivity contribution in [1.29, 1.82) is 0 Å². The number of fused-ring (bicyclic) bond motifs is 1. The molecular weight excluding hydrogens is 424 g/mol. The highest BCUT2D eigenvalue weighted by Gasteiger charge is 2.12. The molecule has 1 aliphatic rings. The summed E-state index contributed by atoms with van der Waals surface area (Å²) in [6.07, 6.45) is 7.43. The van der Waals surface area contributed by atoms with E-state index in [0.29, 0.717) is 13.1 Å². The molecule has 0 spiro atoms. The fraction of sp³-hybridized carbons (Fsp3) is 0.296. The van der Waals surface area contributed by atoms with Crippen molar-refractivity contribution in [2.45, 2.75) is 38.9 Å². The molecule has 2 amide bonds. The molecule has 0 radical (unpaired) electrons. The highest BCUT2D eigenvalue weighted by Crippen LogP contribution is 2.18. The van der Waals surface area contributed by atoms with Gasteiger partial charge in [-0.1, -0.05) is 36.4 Å². The normalized spacial score (nSPS) is 13.7. The summed E-state index contributed by atoms with van der Waals surface area (Å²) in [5.41, 5.74) is 5.44. The molecule has 7 nitrogen and oxygen atoms in total. The van der Waals surface area contributed by atoms with E-state index in [1.165, 1.54) is 24.8 Å². The molecule has 0 saturated carbocycles. The van der Waals surface area contributed by atoms with E-state index in [1.807, 2.05) is 36.8 Å². The van der Waals surface area contributed by atoms with Gasteiger partial charge in [-0.25, -0.2) is 14.8 Å². The maximum atomic E-state index is 12.3. The number of pyridine rings is 1. The van der Waals surface area contributed by atoms with Gasteiger partial charge in [-0.3, -0.25) is 0 Å². The predicted molar refractivity (Wildman–Crippen MR) is 135 cm³/mol. The molecule has 34 heavy (non-hydrogen) atoms. The smallest absolute Gasteiger partial charge is 0.315 e. The number of aromatic nitrogens is 3. The van der Waals surface area contributed by atoms with Gasteiger partial charge >= 0.3 is 6.03 Å². The average Bonchev–Trinajstić information content (AvgIpc) is 3.30. The Morgan fingerprint density at radius 1 is 0.824 bits per heavy atom. The number of nitrogens with zero attached hydrogens (tertiary/aromatic N) is 4. The minimum Gasteiger partial charge on any atom is -0.357 e. The van der Waals surface area contributed by atoms with Gasteiger partial charge in [-0.15, -0.1) is 0 Å². The van der Waals surface area contributed by atoms with Crippen LogP contribution in [-0.2, 0) is 19.6 Å². The number of benzene rings is 2. The van der Waals surface area contributed by atoms with Gasteiger partial charge < -0.3 is 20.1 Å². The highest BCUT2D eigenvalue weighted by atomic mass is 16.2. The first kappa shape index (κ1) is 21.9. The molecule has 0 aliphatic carbocycles. The first-order chi connectivity index (χ1) is 16.7. The quantitative estimate of drug-likeness (QED) is 0.432. The molecule has 2 aromatic carbocycles. The van der Waals surface area contributed by atoms with Gasteiger partial charge in [-0.2, -0.15) is 0 Å². The Morgan fingerprint density at radius 3 is 2.38 bits per heavy atom. The third-order valence-corrected chi connectivity index (χ3v) is 6.30. The van der Waals surface area contributed by atoms with Crippen LogP contribution >= 0.6 is 0 Å². The van der Waals surface area contributed by atoms with E-state index in [2.05, 4.69) is 66.5 Å². The Kier molecular flexibility index (Phi) is 6.70. The van der Waals surface area contributed by atoms with Crippen LogP contribution in [0.4, 0.5) is 10.6 Å². The molecule has 0 unspecified atom stereocenters. The van der Waals surface area contributed by atoms with Crippen molar-refractivity contribution in [1.82, 2.24) is 25.2 Å². The zero-order valence-corrected chi connectivity index (χ0v) is 19.3. The van der Waals surface area contributed by atoms with Crippen molar-refractivity contribution < 1.29 is 4.79 Å². The number of hydrogen-bond donors (Lipinski definition) is 2. The van der Waals surface area contributed by atoms with E-state index >= 15 is 0 Å². The summed E-state index contributed by atoms with van der Waals surface area (Å²) in [5, 5.41) is 5.90. The SMILES string of the molecule is O=C(NCc1ccc(Cn2cnc3ccccc32)cc1)NCc1ccnc(N2CCCCC2)c1. The van der Waals surface area contributed by atoms with E-state index in [9.17, 15) is 4.79 Å². The summed E-state index contributed by atoms with van der Waals surface area (Å²) >= 11 is 0. The van der Waals surface area contributed by atoms with Crippen LogP contribution in [0.2, 0.25) is 0 Å². The lowest BCUT2D eigenvalue weighted by atomic mass is 10.1. The summed E-state index contributed by atoms with van der Waals surface area (Å²) < 4.78 is 2.14. The van der Waals surface area contributed by atoms with Crippen molar-refractivity contribution >= 4 is 22.9 Å². The van der Waals surface area contributed by atoms with Gasteiger partial charge in [0, 0.05) is 38.9 Å². The summed E-state index contributed by atoms with van der Waals surface area (Å²) in [4.78, 5) is 23.6. The predicted octanol–water partition coefficient (Wildman–Crippen LogP) is 4.47. The number of imidazole rings is 1. The molecule has 5 rings (SSSR count). The van der Waals surface area contributed by atoms with Gasteiger partial charge in [0.05, 0.1) is 17.4 Å². The monoisotopic (exact) mass is 454 g/mol. The third kappa shape index (κ3) is 5.36. The maximum absolute atomic E-state index is 12.3. The van der Waals surface area contributed by atoms with Crippen LogP contribution in [0.3, 0.4) is 0 Å². The van der Waals surface area contributed by atoms with Crippen molar-refractivity contribution in [3.05, 3.63) is 89.9 Å². The molecule has 1 aliphatic heterocycles. The second kappa shape index (κ2) is 10.4. The maximum Gasteiger partial charge on any atom is 0.315 e. The van der Waals surface area contributed by atoms with Crippen molar-refractivity contribution in [2.24, 2.45) is 0 Å². The number of carbonyl (C=O) groups excluding carboxylic acids is 1. The molecule has 0 atom stereocenters. The minimum absolute atomic E-state index is 0.176. The Bertz CT molecular complexity index is 1240. The van der Waals surface area contributed by atoms with Crippen LogP contribution in [0.25, 0.3) is 11.0 Å². The van der Waals surface area contributed by atoms with Crippen LogP contribution in [-0.4, -0.2) is 33.7 Å².